The van der Waals surface area contributed by atoms with Crippen LogP contribution in [0, 0.1) is 0 Å². The molecule has 0 saturated carbocycles. The monoisotopic (exact) mass is 285 g/mol. The molecule has 2 atom stereocenters. The van der Waals surface area contributed by atoms with Gasteiger partial charge in [0.05, 0.1) is 12.9 Å². The van der Waals surface area contributed by atoms with Gasteiger partial charge < -0.3 is 10.1 Å². The Labute approximate surface area is 116 Å². The molecule has 19 heavy (non-hydrogen) atoms. The van der Waals surface area contributed by atoms with Crippen LogP contribution in [-0.2, 0) is 9.84 Å². The summed E-state index contributed by atoms with van der Waals surface area (Å²) in [7, 11) is -1.31. The summed E-state index contributed by atoms with van der Waals surface area (Å²) in [5, 5.41) is 3.30. The van der Waals surface area contributed by atoms with Gasteiger partial charge in [0.25, 0.3) is 0 Å². The fourth-order valence-corrected chi connectivity index (χ4v) is 3.06. The Bertz CT molecular complexity index is 482. The van der Waals surface area contributed by atoms with E-state index in [1.54, 1.807) is 14.0 Å². The molecule has 1 aromatic rings. The molecular weight excluding hydrogens is 262 g/mol. The van der Waals surface area contributed by atoms with Crippen LogP contribution in [0.1, 0.15) is 32.4 Å². The molecule has 4 nitrogen and oxygen atoms in total. The number of hydrogen-bond donors (Lipinski definition) is 1. The third kappa shape index (κ3) is 5.20. The summed E-state index contributed by atoms with van der Waals surface area (Å²) in [6.07, 6.45) is 0. The van der Waals surface area contributed by atoms with Gasteiger partial charge in [0.15, 0.2) is 9.84 Å². The third-order valence-corrected chi connectivity index (χ3v) is 4.98. The van der Waals surface area contributed by atoms with Crippen molar-refractivity contribution in [1.29, 1.82) is 0 Å². The first-order valence-corrected chi connectivity index (χ1v) is 8.30. The minimum absolute atomic E-state index is 0.0675. The van der Waals surface area contributed by atoms with Crippen LogP contribution in [0.3, 0.4) is 0 Å². The Kier molecular flexibility index (Phi) is 5.82. The van der Waals surface area contributed by atoms with Gasteiger partial charge in [0.2, 0.25) is 0 Å². The Morgan fingerprint density at radius 1 is 1.21 bits per heavy atom. The second kappa shape index (κ2) is 6.91. The Hall–Kier alpha value is -1.07. The van der Waals surface area contributed by atoms with Crippen LogP contribution in [0.4, 0.5) is 0 Å². The van der Waals surface area contributed by atoms with Crippen LogP contribution in [0.2, 0.25) is 0 Å². The fourth-order valence-electron chi connectivity index (χ4n) is 1.96. The zero-order chi connectivity index (χ0) is 14.5. The molecule has 0 radical (unpaired) electrons. The predicted molar refractivity (Wildman–Crippen MR) is 78.3 cm³/mol. The number of methoxy groups -OCH3 is 1. The van der Waals surface area contributed by atoms with E-state index in [-0.39, 0.29) is 23.6 Å². The van der Waals surface area contributed by atoms with Crippen molar-refractivity contribution in [3.8, 4) is 5.75 Å². The van der Waals surface area contributed by atoms with E-state index in [0.717, 1.165) is 11.3 Å². The fraction of sp³-hybridized carbons (Fsp3) is 0.571. The van der Waals surface area contributed by atoms with E-state index in [9.17, 15) is 8.42 Å². The largest absolute Gasteiger partial charge is 0.497 e. The molecule has 2 unspecified atom stereocenters. The second-order valence-electron chi connectivity index (χ2n) is 4.76. The molecule has 0 amide bonds. The number of benzene rings is 1. The average Bonchev–Trinajstić information content (AvgIpc) is 2.38. The van der Waals surface area contributed by atoms with Crippen molar-refractivity contribution in [2.24, 2.45) is 0 Å². The highest BCUT2D eigenvalue weighted by Gasteiger charge is 2.16. The Balaban J connectivity index is 2.60. The van der Waals surface area contributed by atoms with E-state index in [1.807, 2.05) is 38.1 Å². The van der Waals surface area contributed by atoms with Gasteiger partial charge in [-0.05, 0) is 31.5 Å². The van der Waals surface area contributed by atoms with Crippen molar-refractivity contribution >= 4 is 9.84 Å². The molecule has 0 aliphatic rings. The quantitative estimate of drug-likeness (QED) is 0.834. The van der Waals surface area contributed by atoms with Crippen molar-refractivity contribution in [2.45, 2.75) is 32.9 Å². The Morgan fingerprint density at radius 3 is 2.26 bits per heavy atom. The summed E-state index contributed by atoms with van der Waals surface area (Å²) in [6.45, 7) is 5.60. The normalized spacial score (nSPS) is 14.9. The molecule has 0 spiro atoms. The van der Waals surface area contributed by atoms with E-state index in [4.69, 9.17) is 4.74 Å². The third-order valence-electron chi connectivity index (χ3n) is 3.09. The Morgan fingerprint density at radius 2 is 1.79 bits per heavy atom. The smallest absolute Gasteiger partial charge is 0.151 e. The van der Waals surface area contributed by atoms with Crippen molar-refractivity contribution < 1.29 is 13.2 Å². The number of sulfone groups is 1. The highest BCUT2D eigenvalue weighted by molar-refractivity contribution is 7.91. The number of nitrogens with one attached hydrogen (secondary N) is 1. The van der Waals surface area contributed by atoms with Crippen LogP contribution < -0.4 is 10.1 Å². The summed E-state index contributed by atoms with van der Waals surface area (Å²) in [5.74, 6) is 1.18. The highest BCUT2D eigenvalue weighted by atomic mass is 32.2. The van der Waals surface area contributed by atoms with Crippen molar-refractivity contribution in [3.05, 3.63) is 29.8 Å². The van der Waals surface area contributed by atoms with Crippen LogP contribution in [0.5, 0.6) is 5.75 Å². The van der Waals surface area contributed by atoms with Crippen LogP contribution in [0.25, 0.3) is 0 Å². The van der Waals surface area contributed by atoms with E-state index in [1.165, 1.54) is 0 Å². The van der Waals surface area contributed by atoms with Crippen molar-refractivity contribution in [2.75, 3.05) is 18.6 Å². The molecule has 0 aromatic heterocycles. The lowest BCUT2D eigenvalue weighted by Crippen LogP contribution is -2.35. The lowest BCUT2D eigenvalue weighted by molar-refractivity contribution is 0.414. The first-order chi connectivity index (χ1) is 8.88. The average molecular weight is 285 g/mol. The van der Waals surface area contributed by atoms with Gasteiger partial charge in [-0.2, -0.15) is 0 Å². The minimum atomic E-state index is -2.94. The lowest BCUT2D eigenvalue weighted by Gasteiger charge is -2.20. The molecule has 5 heteroatoms. The molecule has 1 rings (SSSR count). The first kappa shape index (κ1) is 16.0. The number of rotatable bonds is 7. The number of ether oxygens (including phenoxy) is 1. The minimum Gasteiger partial charge on any atom is -0.497 e. The SMILES string of the molecule is CCS(=O)(=O)CC(C)NC(C)c1ccc(OC)cc1. The molecule has 0 aliphatic heterocycles. The maximum atomic E-state index is 11.6. The van der Waals surface area contributed by atoms with Gasteiger partial charge in [0, 0.05) is 17.8 Å². The second-order valence-corrected chi connectivity index (χ2v) is 7.16. The van der Waals surface area contributed by atoms with E-state index >= 15 is 0 Å². The summed E-state index contributed by atoms with van der Waals surface area (Å²) in [5.41, 5.74) is 1.11. The summed E-state index contributed by atoms with van der Waals surface area (Å²) in [4.78, 5) is 0. The van der Waals surface area contributed by atoms with Crippen molar-refractivity contribution in [3.63, 3.8) is 0 Å². The molecule has 0 fully saturated rings. The van der Waals surface area contributed by atoms with E-state index in [0.29, 0.717) is 0 Å². The summed E-state index contributed by atoms with van der Waals surface area (Å²) in [6, 6.07) is 7.81. The van der Waals surface area contributed by atoms with Gasteiger partial charge in [-0.15, -0.1) is 0 Å². The van der Waals surface area contributed by atoms with E-state index < -0.39 is 9.84 Å². The molecule has 0 bridgehead atoms. The van der Waals surface area contributed by atoms with Crippen molar-refractivity contribution in [1.82, 2.24) is 5.32 Å². The van der Waals surface area contributed by atoms with Gasteiger partial charge in [-0.1, -0.05) is 19.1 Å². The molecule has 1 N–H and O–H groups in total. The molecular formula is C14H23NO3S. The summed E-state index contributed by atoms with van der Waals surface area (Å²) < 4.78 is 28.2. The predicted octanol–water partition coefficient (Wildman–Crippen LogP) is 2.17. The van der Waals surface area contributed by atoms with E-state index in [2.05, 4.69) is 5.32 Å². The first-order valence-electron chi connectivity index (χ1n) is 6.48. The molecule has 1 aromatic carbocycles. The highest BCUT2D eigenvalue weighted by Crippen LogP contribution is 2.17. The molecule has 0 heterocycles. The van der Waals surface area contributed by atoms with Gasteiger partial charge in [-0.3, -0.25) is 0 Å². The van der Waals surface area contributed by atoms with Crippen LogP contribution in [-0.4, -0.2) is 33.1 Å². The lowest BCUT2D eigenvalue weighted by atomic mass is 10.1. The number of hydrogen-bond acceptors (Lipinski definition) is 4. The molecule has 0 saturated heterocycles. The van der Waals surface area contributed by atoms with Gasteiger partial charge >= 0.3 is 0 Å². The van der Waals surface area contributed by atoms with Gasteiger partial charge in [-0.25, -0.2) is 8.42 Å². The van der Waals surface area contributed by atoms with Gasteiger partial charge in [0.1, 0.15) is 5.75 Å². The summed E-state index contributed by atoms with van der Waals surface area (Å²) >= 11 is 0. The molecule has 108 valence electrons. The van der Waals surface area contributed by atoms with Crippen LogP contribution >= 0.6 is 0 Å². The zero-order valence-electron chi connectivity index (χ0n) is 12.0. The topological polar surface area (TPSA) is 55.4 Å². The maximum absolute atomic E-state index is 11.6. The van der Waals surface area contributed by atoms with Crippen LogP contribution in [0.15, 0.2) is 24.3 Å². The zero-order valence-corrected chi connectivity index (χ0v) is 12.8. The molecule has 0 aliphatic carbocycles. The standard InChI is InChI=1S/C14H23NO3S/c1-5-19(16,17)10-11(2)15-12(3)13-6-8-14(18-4)9-7-13/h6-9,11-12,15H,5,10H2,1-4H3. The maximum Gasteiger partial charge on any atom is 0.151 e.